The van der Waals surface area contributed by atoms with E-state index >= 15 is 0 Å². The molecule has 0 saturated heterocycles. The molecule has 19 heavy (non-hydrogen) atoms. The number of hydrogen-bond acceptors (Lipinski definition) is 2. The average molecular weight is 260 g/mol. The maximum absolute atomic E-state index is 12.7. The molecule has 2 rings (SSSR count). The Morgan fingerprint density at radius 1 is 1.37 bits per heavy atom. The van der Waals surface area contributed by atoms with E-state index in [1.165, 1.54) is 5.56 Å². The summed E-state index contributed by atoms with van der Waals surface area (Å²) in [5.41, 5.74) is 7.99. The Morgan fingerprint density at radius 2 is 2.16 bits per heavy atom. The van der Waals surface area contributed by atoms with Crippen molar-refractivity contribution in [1.82, 2.24) is 0 Å². The van der Waals surface area contributed by atoms with Gasteiger partial charge in [-0.3, -0.25) is 4.79 Å². The van der Waals surface area contributed by atoms with Crippen molar-refractivity contribution in [2.75, 3.05) is 18.0 Å². The smallest absolute Gasteiger partial charge is 0.230 e. The van der Waals surface area contributed by atoms with Gasteiger partial charge in [0, 0.05) is 18.2 Å². The molecular weight excluding hydrogens is 236 g/mol. The Hall–Kier alpha value is -1.35. The van der Waals surface area contributed by atoms with E-state index in [0.29, 0.717) is 12.5 Å². The molecule has 3 heteroatoms. The van der Waals surface area contributed by atoms with Crippen LogP contribution in [0.5, 0.6) is 0 Å². The molecule has 2 N–H and O–H groups in total. The molecule has 3 nitrogen and oxygen atoms in total. The molecule has 1 atom stereocenters. The fourth-order valence-electron chi connectivity index (χ4n) is 2.89. The number of nitrogens with zero attached hydrogens (tertiary/aromatic N) is 1. The van der Waals surface area contributed by atoms with Gasteiger partial charge in [0.1, 0.15) is 0 Å². The van der Waals surface area contributed by atoms with E-state index < -0.39 is 0 Å². The lowest BCUT2D eigenvalue weighted by atomic mass is 9.96. The van der Waals surface area contributed by atoms with Gasteiger partial charge >= 0.3 is 0 Å². The maximum Gasteiger partial charge on any atom is 0.230 e. The highest BCUT2D eigenvalue weighted by atomic mass is 16.2. The summed E-state index contributed by atoms with van der Waals surface area (Å²) >= 11 is 0. The predicted octanol–water partition coefficient (Wildman–Crippen LogP) is 2.73. The van der Waals surface area contributed by atoms with Crippen LogP contribution in [0.4, 0.5) is 5.69 Å². The number of para-hydroxylation sites is 1. The van der Waals surface area contributed by atoms with Gasteiger partial charge in [-0.15, -0.1) is 0 Å². The minimum atomic E-state index is 0.139. The minimum absolute atomic E-state index is 0.139. The van der Waals surface area contributed by atoms with Gasteiger partial charge in [0.15, 0.2) is 0 Å². The number of carbonyl (C=O) groups excluding carboxylic acids is 1. The van der Waals surface area contributed by atoms with E-state index in [-0.39, 0.29) is 5.92 Å². The van der Waals surface area contributed by atoms with Gasteiger partial charge in [0.05, 0.1) is 0 Å². The first-order valence-electron chi connectivity index (χ1n) is 7.37. The van der Waals surface area contributed by atoms with Crippen LogP contribution in [0.2, 0.25) is 0 Å². The Morgan fingerprint density at radius 3 is 2.89 bits per heavy atom. The molecule has 1 aromatic carbocycles. The molecular formula is C16H24N2O. The van der Waals surface area contributed by atoms with E-state index in [1.807, 2.05) is 17.0 Å². The first kappa shape index (κ1) is 14.1. The zero-order chi connectivity index (χ0) is 13.7. The Balaban J connectivity index is 2.10. The third-order valence-corrected chi connectivity index (χ3v) is 3.90. The predicted molar refractivity (Wildman–Crippen MR) is 79.2 cm³/mol. The summed E-state index contributed by atoms with van der Waals surface area (Å²) in [5, 5.41) is 0. The monoisotopic (exact) mass is 260 g/mol. The van der Waals surface area contributed by atoms with Crippen molar-refractivity contribution in [3.63, 3.8) is 0 Å². The van der Waals surface area contributed by atoms with Crippen LogP contribution in [0, 0.1) is 5.92 Å². The number of hydrogen-bond donors (Lipinski definition) is 1. The van der Waals surface area contributed by atoms with Crippen LogP contribution in [-0.2, 0) is 11.2 Å². The highest BCUT2D eigenvalue weighted by Gasteiger charge is 2.28. The van der Waals surface area contributed by atoms with E-state index in [9.17, 15) is 4.79 Å². The molecule has 0 bridgehead atoms. The summed E-state index contributed by atoms with van der Waals surface area (Å²) < 4.78 is 0. The summed E-state index contributed by atoms with van der Waals surface area (Å²) in [6.07, 6.45) is 4.86. The maximum atomic E-state index is 12.7. The second kappa shape index (κ2) is 6.71. The number of amides is 1. The first-order chi connectivity index (χ1) is 9.27. The molecule has 1 aliphatic heterocycles. The lowest BCUT2D eigenvalue weighted by Crippen LogP contribution is -2.35. The molecule has 1 amide bonds. The lowest BCUT2D eigenvalue weighted by Gasteiger charge is -2.23. The summed E-state index contributed by atoms with van der Waals surface area (Å²) in [5.74, 6) is 0.431. The second-order valence-corrected chi connectivity index (χ2v) is 5.29. The van der Waals surface area contributed by atoms with Crippen LogP contribution >= 0.6 is 0 Å². The van der Waals surface area contributed by atoms with E-state index in [1.54, 1.807) is 0 Å². The fourth-order valence-corrected chi connectivity index (χ4v) is 2.89. The first-order valence-corrected chi connectivity index (χ1v) is 7.37. The van der Waals surface area contributed by atoms with Crippen molar-refractivity contribution in [2.24, 2.45) is 11.7 Å². The standard InChI is InChI=1S/C16H24N2O/c1-2-6-14(8-5-11-17)16(19)18-12-10-13-7-3-4-9-15(13)18/h3-4,7,9,14H,2,5-6,8,10-12,17H2,1H3. The summed E-state index contributed by atoms with van der Waals surface area (Å²) in [6, 6.07) is 8.24. The van der Waals surface area contributed by atoms with Crippen LogP contribution < -0.4 is 10.6 Å². The molecule has 104 valence electrons. The Labute approximate surface area is 115 Å². The highest BCUT2D eigenvalue weighted by molar-refractivity contribution is 5.96. The molecule has 1 aromatic rings. The number of nitrogens with two attached hydrogens (primary N) is 1. The van der Waals surface area contributed by atoms with Gasteiger partial charge < -0.3 is 10.6 Å². The van der Waals surface area contributed by atoms with Crippen molar-refractivity contribution in [3.05, 3.63) is 29.8 Å². The second-order valence-electron chi connectivity index (χ2n) is 5.29. The number of fused-ring (bicyclic) bond motifs is 1. The number of carbonyl (C=O) groups is 1. The topological polar surface area (TPSA) is 46.3 Å². The van der Waals surface area contributed by atoms with Gasteiger partial charge in [-0.25, -0.2) is 0 Å². The van der Waals surface area contributed by atoms with Crippen molar-refractivity contribution < 1.29 is 4.79 Å². The minimum Gasteiger partial charge on any atom is -0.330 e. The third-order valence-electron chi connectivity index (χ3n) is 3.90. The number of anilines is 1. The summed E-state index contributed by atoms with van der Waals surface area (Å²) in [6.45, 7) is 3.64. The zero-order valence-electron chi connectivity index (χ0n) is 11.8. The van der Waals surface area contributed by atoms with E-state index in [4.69, 9.17) is 5.73 Å². The number of rotatable bonds is 6. The molecule has 0 aliphatic carbocycles. The molecule has 0 fully saturated rings. The molecule has 0 spiro atoms. The molecule has 1 aliphatic rings. The molecule has 0 aromatic heterocycles. The summed E-state index contributed by atoms with van der Waals surface area (Å²) in [7, 11) is 0. The van der Waals surface area contributed by atoms with Crippen molar-refractivity contribution in [2.45, 2.75) is 39.0 Å². The molecule has 0 radical (unpaired) electrons. The quantitative estimate of drug-likeness (QED) is 0.855. The van der Waals surface area contributed by atoms with Crippen LogP contribution in [0.1, 0.15) is 38.2 Å². The van der Waals surface area contributed by atoms with Crippen molar-refractivity contribution in [3.8, 4) is 0 Å². The van der Waals surface area contributed by atoms with Gasteiger partial charge in [0.25, 0.3) is 0 Å². The van der Waals surface area contributed by atoms with E-state index in [2.05, 4.69) is 19.1 Å². The van der Waals surface area contributed by atoms with Gasteiger partial charge in [-0.05, 0) is 43.9 Å². The Bertz CT molecular complexity index is 431. The van der Waals surface area contributed by atoms with Crippen molar-refractivity contribution >= 4 is 11.6 Å². The summed E-state index contributed by atoms with van der Waals surface area (Å²) in [4.78, 5) is 14.7. The van der Waals surface area contributed by atoms with Crippen molar-refractivity contribution in [1.29, 1.82) is 0 Å². The van der Waals surface area contributed by atoms with Crippen LogP contribution in [-0.4, -0.2) is 19.0 Å². The van der Waals surface area contributed by atoms with Gasteiger partial charge in [-0.2, -0.15) is 0 Å². The normalized spacial score (nSPS) is 15.4. The molecule has 1 unspecified atom stereocenters. The SMILES string of the molecule is CCCC(CCCN)C(=O)N1CCc2ccccc21. The molecule has 1 heterocycles. The highest BCUT2D eigenvalue weighted by Crippen LogP contribution is 2.30. The third kappa shape index (κ3) is 3.16. The Kier molecular flexibility index (Phi) is 4.97. The number of benzene rings is 1. The van der Waals surface area contributed by atoms with E-state index in [0.717, 1.165) is 44.3 Å². The lowest BCUT2D eigenvalue weighted by molar-refractivity contribution is -0.122. The largest absolute Gasteiger partial charge is 0.330 e. The molecule has 0 saturated carbocycles. The van der Waals surface area contributed by atoms with Gasteiger partial charge in [-0.1, -0.05) is 31.5 Å². The average Bonchev–Trinajstić information content (AvgIpc) is 2.86. The fraction of sp³-hybridized carbons (Fsp3) is 0.562. The van der Waals surface area contributed by atoms with Gasteiger partial charge in [0.2, 0.25) is 5.91 Å². The van der Waals surface area contributed by atoms with Crippen LogP contribution in [0.25, 0.3) is 0 Å². The zero-order valence-corrected chi connectivity index (χ0v) is 11.8. The van der Waals surface area contributed by atoms with Crippen LogP contribution in [0.15, 0.2) is 24.3 Å². The van der Waals surface area contributed by atoms with Crippen LogP contribution in [0.3, 0.4) is 0 Å².